The Morgan fingerprint density at radius 3 is 2.60 bits per heavy atom. The molecule has 132 valence electrons. The second kappa shape index (κ2) is 6.36. The van der Waals surface area contributed by atoms with Gasteiger partial charge in [0.25, 0.3) is 17.7 Å². The third-order valence-corrected chi connectivity index (χ3v) is 4.53. The summed E-state index contributed by atoms with van der Waals surface area (Å²) in [5.74, 6) is -3.39. The molecule has 2 aliphatic heterocycles. The van der Waals surface area contributed by atoms with Crippen molar-refractivity contribution in [2.24, 2.45) is 0 Å². The van der Waals surface area contributed by atoms with Crippen molar-refractivity contribution in [3.63, 3.8) is 0 Å². The van der Waals surface area contributed by atoms with Crippen LogP contribution in [-0.2, 0) is 14.3 Å². The van der Waals surface area contributed by atoms with Crippen LogP contribution in [0.15, 0.2) is 18.2 Å². The number of hydrogen-bond acceptors (Lipinski definition) is 5. The number of hydrogen-bond donors (Lipinski definition) is 0. The van der Waals surface area contributed by atoms with Gasteiger partial charge in [0.05, 0.1) is 23.8 Å². The van der Waals surface area contributed by atoms with E-state index < -0.39 is 29.6 Å². The largest absolute Gasteiger partial charge is 0.380 e. The molecule has 0 radical (unpaired) electrons. The number of likely N-dealkylation sites (tertiary alicyclic amines) is 1. The zero-order chi connectivity index (χ0) is 18.3. The van der Waals surface area contributed by atoms with Crippen molar-refractivity contribution >= 4 is 23.6 Å². The van der Waals surface area contributed by atoms with Gasteiger partial charge in [0.15, 0.2) is 0 Å². The smallest absolute Gasteiger partial charge is 0.265 e. The van der Waals surface area contributed by atoms with Crippen LogP contribution in [0.3, 0.4) is 0 Å². The van der Waals surface area contributed by atoms with Gasteiger partial charge in [-0.25, -0.2) is 4.39 Å². The molecule has 0 aliphatic carbocycles. The minimum atomic E-state index is -1.12. The van der Waals surface area contributed by atoms with Gasteiger partial charge >= 0.3 is 0 Å². The van der Waals surface area contributed by atoms with E-state index in [4.69, 9.17) is 4.74 Å². The highest BCUT2D eigenvalue weighted by Gasteiger charge is 2.48. The van der Waals surface area contributed by atoms with Crippen LogP contribution in [0.1, 0.15) is 40.5 Å². The van der Waals surface area contributed by atoms with Crippen molar-refractivity contribution in [1.29, 1.82) is 0 Å². The third kappa shape index (κ3) is 2.72. The normalized spacial score (nSPS) is 21.8. The molecule has 0 aromatic heterocycles. The van der Waals surface area contributed by atoms with Crippen LogP contribution < -0.4 is 0 Å². The van der Waals surface area contributed by atoms with E-state index in [-0.39, 0.29) is 42.5 Å². The predicted molar refractivity (Wildman–Crippen MR) is 83.1 cm³/mol. The van der Waals surface area contributed by atoms with Crippen molar-refractivity contribution < 1.29 is 28.3 Å². The second-order valence-corrected chi connectivity index (χ2v) is 6.09. The fraction of sp³-hybridized carbons (Fsp3) is 0.412. The number of methoxy groups -OCH3 is 1. The average Bonchev–Trinajstić information content (AvgIpc) is 2.84. The summed E-state index contributed by atoms with van der Waals surface area (Å²) in [7, 11) is 1.45. The summed E-state index contributed by atoms with van der Waals surface area (Å²) < 4.78 is 19.0. The van der Waals surface area contributed by atoms with Crippen LogP contribution in [0.25, 0.3) is 0 Å². The Labute approximate surface area is 143 Å². The quantitative estimate of drug-likeness (QED) is 0.757. The van der Waals surface area contributed by atoms with Crippen LogP contribution in [-0.4, -0.2) is 59.2 Å². The molecular weight excluding hydrogens is 331 g/mol. The van der Waals surface area contributed by atoms with Gasteiger partial charge in [-0.3, -0.25) is 29.0 Å². The van der Waals surface area contributed by atoms with Gasteiger partial charge in [0, 0.05) is 13.5 Å². The molecule has 25 heavy (non-hydrogen) atoms. The highest BCUT2D eigenvalue weighted by atomic mass is 19.1. The van der Waals surface area contributed by atoms with Gasteiger partial charge in [0.1, 0.15) is 11.9 Å². The van der Waals surface area contributed by atoms with E-state index in [1.165, 1.54) is 19.2 Å². The summed E-state index contributed by atoms with van der Waals surface area (Å²) in [5.41, 5.74) is -0.388. The highest BCUT2D eigenvalue weighted by molar-refractivity contribution is 6.23. The molecule has 4 amide bonds. The summed E-state index contributed by atoms with van der Waals surface area (Å²) in [4.78, 5) is 51.6. The zero-order valence-corrected chi connectivity index (χ0v) is 13.8. The van der Waals surface area contributed by atoms with Crippen molar-refractivity contribution in [2.75, 3.05) is 13.7 Å². The molecule has 8 heteroatoms. The molecule has 0 saturated carbocycles. The van der Waals surface area contributed by atoms with Gasteiger partial charge in [0.2, 0.25) is 5.91 Å². The molecule has 1 aromatic carbocycles. The number of halogens is 1. The van der Waals surface area contributed by atoms with Gasteiger partial charge in [-0.2, -0.15) is 0 Å². The van der Waals surface area contributed by atoms with Crippen LogP contribution in [0, 0.1) is 5.82 Å². The lowest BCUT2D eigenvalue weighted by atomic mass is 10.0. The molecule has 0 N–H and O–H groups in total. The fourth-order valence-electron chi connectivity index (χ4n) is 3.13. The number of nitrogens with zero attached hydrogens (tertiary/aromatic N) is 2. The topological polar surface area (TPSA) is 84.0 Å². The second-order valence-electron chi connectivity index (χ2n) is 6.09. The van der Waals surface area contributed by atoms with Crippen LogP contribution >= 0.6 is 0 Å². The lowest BCUT2D eigenvalue weighted by molar-refractivity contribution is -0.153. The van der Waals surface area contributed by atoms with Crippen LogP contribution in [0.4, 0.5) is 4.39 Å². The van der Waals surface area contributed by atoms with E-state index in [1.807, 2.05) is 0 Å². The highest BCUT2D eigenvalue weighted by Crippen LogP contribution is 2.30. The number of fused-ring (bicyclic) bond motifs is 1. The zero-order valence-electron chi connectivity index (χ0n) is 13.8. The molecule has 2 aliphatic rings. The molecule has 0 spiro atoms. The maximum atomic E-state index is 13.9. The summed E-state index contributed by atoms with van der Waals surface area (Å²) in [6.07, 6.45) is -0.336. The lowest BCUT2D eigenvalue weighted by Gasteiger charge is -2.35. The molecule has 3 rings (SSSR count). The van der Waals surface area contributed by atoms with E-state index in [1.54, 1.807) is 6.92 Å². The number of benzene rings is 1. The first-order chi connectivity index (χ1) is 11.9. The van der Waals surface area contributed by atoms with Crippen molar-refractivity contribution in [2.45, 2.75) is 31.9 Å². The minimum Gasteiger partial charge on any atom is -0.380 e. The Hall–Kier alpha value is -2.61. The van der Waals surface area contributed by atoms with Gasteiger partial charge in [-0.05, 0) is 25.5 Å². The predicted octanol–water partition coefficient (Wildman–Crippen LogP) is 0.974. The maximum absolute atomic E-state index is 13.9. The number of amides is 4. The monoisotopic (exact) mass is 348 g/mol. The molecule has 2 atom stereocenters. The van der Waals surface area contributed by atoms with E-state index >= 15 is 0 Å². The van der Waals surface area contributed by atoms with Crippen molar-refractivity contribution in [3.05, 3.63) is 35.1 Å². The Morgan fingerprint density at radius 2 is 1.96 bits per heavy atom. The molecule has 1 fully saturated rings. The van der Waals surface area contributed by atoms with Gasteiger partial charge in [-0.1, -0.05) is 6.07 Å². The average molecular weight is 348 g/mol. The molecule has 7 nitrogen and oxygen atoms in total. The number of rotatable bonds is 4. The third-order valence-electron chi connectivity index (χ3n) is 4.53. The van der Waals surface area contributed by atoms with Crippen LogP contribution in [0.2, 0.25) is 0 Å². The summed E-state index contributed by atoms with van der Waals surface area (Å²) >= 11 is 0. The molecule has 1 saturated heterocycles. The molecule has 2 unspecified atom stereocenters. The van der Waals surface area contributed by atoms with Crippen molar-refractivity contribution in [1.82, 2.24) is 9.80 Å². The standard InChI is InChI=1S/C17H17FN2O5/c1-9(25-2)8-19-13(21)7-6-12(16(19)23)20-15(22)10-4-3-5-11(18)14(10)17(20)24/h3-5,9,12H,6-8H2,1-2H3. The van der Waals surface area contributed by atoms with Crippen molar-refractivity contribution in [3.8, 4) is 0 Å². The Bertz CT molecular complexity index is 778. The Balaban J connectivity index is 1.91. The van der Waals surface area contributed by atoms with Crippen LogP contribution in [0.5, 0.6) is 0 Å². The number of ether oxygens (including phenoxy) is 1. The summed E-state index contributed by atoms with van der Waals surface area (Å²) in [6.45, 7) is 1.73. The molecule has 1 aromatic rings. The maximum Gasteiger partial charge on any atom is 0.265 e. The van der Waals surface area contributed by atoms with Gasteiger partial charge < -0.3 is 4.74 Å². The first-order valence-electron chi connectivity index (χ1n) is 7.90. The van der Waals surface area contributed by atoms with E-state index in [0.717, 1.165) is 15.9 Å². The minimum absolute atomic E-state index is 0.0166. The number of carbonyl (C=O) groups excluding carboxylic acids is 4. The summed E-state index contributed by atoms with van der Waals surface area (Å²) in [5, 5.41) is 0. The molecular formula is C17H17FN2O5. The first-order valence-corrected chi connectivity index (χ1v) is 7.90. The number of imide groups is 2. The Kier molecular flexibility index (Phi) is 4.38. The van der Waals surface area contributed by atoms with E-state index in [0.29, 0.717) is 0 Å². The molecule has 2 heterocycles. The summed E-state index contributed by atoms with van der Waals surface area (Å²) in [6, 6.07) is 2.66. The lowest BCUT2D eigenvalue weighted by Crippen LogP contribution is -2.57. The fourth-order valence-corrected chi connectivity index (χ4v) is 3.13. The Morgan fingerprint density at radius 1 is 1.24 bits per heavy atom. The van der Waals surface area contributed by atoms with E-state index in [2.05, 4.69) is 0 Å². The van der Waals surface area contributed by atoms with E-state index in [9.17, 15) is 23.6 Å². The first kappa shape index (κ1) is 17.2. The SMILES string of the molecule is COC(C)CN1C(=O)CCC(N2C(=O)c3cccc(F)c3C2=O)C1=O. The molecule has 0 bridgehead atoms. The number of carbonyl (C=O) groups is 4. The van der Waals surface area contributed by atoms with Gasteiger partial charge in [-0.15, -0.1) is 0 Å². The number of piperidine rings is 1.